The van der Waals surface area contributed by atoms with Crippen LogP contribution < -0.4 is 5.32 Å². The van der Waals surface area contributed by atoms with Crippen LogP contribution in [0, 0.1) is 0 Å². The number of ether oxygens (including phenoxy) is 1. The number of benzene rings is 2. The maximum atomic E-state index is 5.92. The van der Waals surface area contributed by atoms with E-state index >= 15 is 0 Å². The van der Waals surface area contributed by atoms with Gasteiger partial charge in [0.15, 0.2) is 0 Å². The zero-order chi connectivity index (χ0) is 14.0. The summed E-state index contributed by atoms with van der Waals surface area (Å²) in [5, 5.41) is 4.17. The largest absolute Gasteiger partial charge is 0.377 e. The molecule has 0 heterocycles. The zero-order valence-corrected chi connectivity index (χ0v) is 12.3. The highest BCUT2D eigenvalue weighted by Gasteiger charge is 1.95. The summed E-state index contributed by atoms with van der Waals surface area (Å²) in [6.45, 7) is 3.26. The molecule has 2 aromatic carbocycles. The molecule has 0 fully saturated rings. The molecule has 0 saturated carbocycles. The molecule has 0 saturated heterocycles. The van der Waals surface area contributed by atoms with Gasteiger partial charge in [-0.25, -0.2) is 0 Å². The minimum atomic E-state index is 0.624. The average molecular weight is 290 g/mol. The molecule has 0 aliphatic rings. The van der Waals surface area contributed by atoms with E-state index in [1.54, 1.807) is 0 Å². The highest BCUT2D eigenvalue weighted by atomic mass is 35.5. The minimum Gasteiger partial charge on any atom is -0.377 e. The molecule has 0 aromatic heterocycles. The van der Waals surface area contributed by atoms with E-state index in [1.807, 2.05) is 30.3 Å². The van der Waals surface area contributed by atoms with Crippen molar-refractivity contribution in [2.45, 2.75) is 19.6 Å². The van der Waals surface area contributed by atoms with Crippen LogP contribution in [0.2, 0.25) is 5.02 Å². The fraction of sp³-hybridized carbons (Fsp3) is 0.294. The summed E-state index contributed by atoms with van der Waals surface area (Å²) in [4.78, 5) is 0. The van der Waals surface area contributed by atoms with Gasteiger partial charge < -0.3 is 10.1 Å². The molecule has 0 aliphatic heterocycles. The van der Waals surface area contributed by atoms with Crippen LogP contribution in [0.25, 0.3) is 0 Å². The van der Waals surface area contributed by atoms with Crippen LogP contribution in [0.5, 0.6) is 0 Å². The third kappa shape index (κ3) is 5.74. The van der Waals surface area contributed by atoms with E-state index in [0.29, 0.717) is 6.61 Å². The number of hydrogen-bond donors (Lipinski definition) is 1. The Hall–Kier alpha value is -1.35. The molecule has 0 unspecified atom stereocenters. The van der Waals surface area contributed by atoms with Gasteiger partial charge in [0.1, 0.15) is 0 Å². The summed E-state index contributed by atoms with van der Waals surface area (Å²) in [6.07, 6.45) is 1.01. The van der Waals surface area contributed by atoms with Crippen molar-refractivity contribution in [3.05, 3.63) is 70.7 Å². The van der Waals surface area contributed by atoms with E-state index < -0.39 is 0 Å². The Morgan fingerprint density at radius 3 is 2.55 bits per heavy atom. The number of nitrogens with one attached hydrogen (secondary N) is 1. The number of rotatable bonds is 8. The first kappa shape index (κ1) is 15.0. The first-order valence-corrected chi connectivity index (χ1v) is 7.29. The van der Waals surface area contributed by atoms with Gasteiger partial charge in [0, 0.05) is 18.2 Å². The van der Waals surface area contributed by atoms with Crippen LogP contribution in [0.4, 0.5) is 0 Å². The molecule has 0 spiro atoms. The predicted molar refractivity (Wildman–Crippen MR) is 83.9 cm³/mol. The van der Waals surface area contributed by atoms with Crippen LogP contribution in [-0.4, -0.2) is 13.2 Å². The van der Waals surface area contributed by atoms with Gasteiger partial charge >= 0.3 is 0 Å². The standard InChI is InChI=1S/C17H20ClNO/c18-17-9-4-8-16(12-17)14-20-11-5-10-19-13-15-6-2-1-3-7-15/h1-4,6-9,12,19H,5,10-11,13-14H2. The van der Waals surface area contributed by atoms with E-state index in [2.05, 4.69) is 29.6 Å². The molecule has 106 valence electrons. The second-order valence-corrected chi connectivity index (χ2v) is 5.13. The van der Waals surface area contributed by atoms with E-state index in [-0.39, 0.29) is 0 Å². The third-order valence-electron chi connectivity index (χ3n) is 2.97. The Balaban J connectivity index is 1.52. The minimum absolute atomic E-state index is 0.624. The molecule has 0 radical (unpaired) electrons. The SMILES string of the molecule is Clc1cccc(COCCCNCc2ccccc2)c1. The summed E-state index contributed by atoms with van der Waals surface area (Å²) < 4.78 is 5.63. The Labute approximate surface area is 125 Å². The van der Waals surface area contributed by atoms with Gasteiger partial charge in [0.05, 0.1) is 6.61 Å². The van der Waals surface area contributed by atoms with Gasteiger partial charge in [-0.3, -0.25) is 0 Å². The van der Waals surface area contributed by atoms with Crippen LogP contribution in [-0.2, 0) is 17.9 Å². The Bertz CT molecular complexity index is 501. The fourth-order valence-electron chi connectivity index (χ4n) is 1.94. The summed E-state index contributed by atoms with van der Waals surface area (Å²) in [7, 11) is 0. The second kappa shape index (κ2) is 8.75. The molecular weight excluding hydrogens is 270 g/mol. The van der Waals surface area contributed by atoms with Crippen molar-refractivity contribution in [1.29, 1.82) is 0 Å². The Morgan fingerprint density at radius 2 is 1.75 bits per heavy atom. The van der Waals surface area contributed by atoms with E-state index in [9.17, 15) is 0 Å². The number of hydrogen-bond acceptors (Lipinski definition) is 2. The second-order valence-electron chi connectivity index (χ2n) is 4.70. The predicted octanol–water partition coefficient (Wildman–Crippen LogP) is 4.04. The van der Waals surface area contributed by atoms with Gasteiger partial charge in [-0.1, -0.05) is 54.1 Å². The van der Waals surface area contributed by atoms with Gasteiger partial charge in [-0.15, -0.1) is 0 Å². The van der Waals surface area contributed by atoms with Gasteiger partial charge in [-0.2, -0.15) is 0 Å². The van der Waals surface area contributed by atoms with Crippen LogP contribution in [0.1, 0.15) is 17.5 Å². The van der Waals surface area contributed by atoms with Crippen molar-refractivity contribution in [2.24, 2.45) is 0 Å². The first-order chi connectivity index (χ1) is 9.84. The van der Waals surface area contributed by atoms with Crippen molar-refractivity contribution in [3.63, 3.8) is 0 Å². The molecule has 1 N–H and O–H groups in total. The molecular formula is C17H20ClNO. The van der Waals surface area contributed by atoms with E-state index in [4.69, 9.17) is 16.3 Å². The lowest BCUT2D eigenvalue weighted by Gasteiger charge is -2.06. The monoisotopic (exact) mass is 289 g/mol. The molecule has 0 bridgehead atoms. The lowest BCUT2D eigenvalue weighted by molar-refractivity contribution is 0.118. The normalized spacial score (nSPS) is 10.7. The van der Waals surface area contributed by atoms with Crippen LogP contribution in [0.3, 0.4) is 0 Å². The smallest absolute Gasteiger partial charge is 0.0717 e. The maximum absolute atomic E-state index is 5.92. The van der Waals surface area contributed by atoms with Crippen molar-refractivity contribution >= 4 is 11.6 Å². The first-order valence-electron chi connectivity index (χ1n) is 6.91. The summed E-state index contributed by atoms with van der Waals surface area (Å²) in [5.41, 5.74) is 2.43. The third-order valence-corrected chi connectivity index (χ3v) is 3.21. The highest BCUT2D eigenvalue weighted by molar-refractivity contribution is 6.30. The molecule has 3 heteroatoms. The topological polar surface area (TPSA) is 21.3 Å². The van der Waals surface area contributed by atoms with Gasteiger partial charge in [0.25, 0.3) is 0 Å². The van der Waals surface area contributed by atoms with Crippen molar-refractivity contribution in [2.75, 3.05) is 13.2 Å². The molecule has 2 rings (SSSR count). The van der Waals surface area contributed by atoms with Crippen molar-refractivity contribution < 1.29 is 4.74 Å². The average Bonchev–Trinajstić information content (AvgIpc) is 2.47. The lowest BCUT2D eigenvalue weighted by Crippen LogP contribution is -2.16. The van der Waals surface area contributed by atoms with Crippen LogP contribution in [0.15, 0.2) is 54.6 Å². The van der Waals surface area contributed by atoms with E-state index in [0.717, 1.165) is 36.7 Å². The summed E-state index contributed by atoms with van der Waals surface area (Å²) >= 11 is 5.92. The summed E-state index contributed by atoms with van der Waals surface area (Å²) in [6, 6.07) is 18.2. The number of halogens is 1. The quantitative estimate of drug-likeness (QED) is 0.741. The molecule has 0 amide bonds. The lowest BCUT2D eigenvalue weighted by atomic mass is 10.2. The Morgan fingerprint density at radius 1 is 0.950 bits per heavy atom. The summed E-state index contributed by atoms with van der Waals surface area (Å²) in [5.74, 6) is 0. The van der Waals surface area contributed by atoms with Gasteiger partial charge in [0.2, 0.25) is 0 Å². The maximum Gasteiger partial charge on any atom is 0.0717 e. The zero-order valence-electron chi connectivity index (χ0n) is 11.5. The molecule has 2 nitrogen and oxygen atoms in total. The van der Waals surface area contributed by atoms with E-state index in [1.165, 1.54) is 5.56 Å². The fourth-order valence-corrected chi connectivity index (χ4v) is 2.16. The molecule has 0 atom stereocenters. The van der Waals surface area contributed by atoms with Crippen molar-refractivity contribution in [1.82, 2.24) is 5.32 Å². The molecule has 2 aromatic rings. The van der Waals surface area contributed by atoms with Crippen molar-refractivity contribution in [3.8, 4) is 0 Å². The molecule has 0 aliphatic carbocycles. The molecule has 20 heavy (non-hydrogen) atoms. The van der Waals surface area contributed by atoms with Gasteiger partial charge in [-0.05, 0) is 36.2 Å². The Kier molecular flexibility index (Phi) is 6.58. The highest BCUT2D eigenvalue weighted by Crippen LogP contribution is 2.11. The van der Waals surface area contributed by atoms with Crippen LogP contribution >= 0.6 is 11.6 Å².